The lowest BCUT2D eigenvalue weighted by molar-refractivity contribution is 0.0992. The first-order valence-electron chi connectivity index (χ1n) is 8.14. The summed E-state index contributed by atoms with van der Waals surface area (Å²) >= 11 is 1.71. The highest BCUT2D eigenvalue weighted by atomic mass is 32.2. The number of ketones is 2. The molecule has 2 aromatic carbocycles. The monoisotopic (exact) mass is 341 g/mol. The zero-order chi connectivity index (χ0) is 17.5. The molecule has 2 rings (SSSR count). The Labute approximate surface area is 147 Å². The zero-order valence-corrected chi connectivity index (χ0v) is 15.0. The number of Topliss-reactive ketones (excluding diaryl/α,β-unsaturated/α-hetero) is 2. The maximum absolute atomic E-state index is 12.7. The van der Waals surface area contributed by atoms with Crippen LogP contribution in [-0.4, -0.2) is 23.9 Å². The number of thioether (sulfide) groups is 1. The van der Waals surface area contributed by atoms with Gasteiger partial charge in [-0.2, -0.15) is 0 Å². The molecule has 0 atom stereocenters. The van der Waals surface area contributed by atoms with E-state index >= 15 is 0 Å². The van der Waals surface area contributed by atoms with Gasteiger partial charge in [-0.05, 0) is 30.5 Å². The van der Waals surface area contributed by atoms with E-state index in [9.17, 15) is 9.59 Å². The molecule has 2 N–H and O–H groups in total. The molecule has 0 spiro atoms. The van der Waals surface area contributed by atoms with E-state index in [1.54, 1.807) is 36.0 Å². The summed E-state index contributed by atoms with van der Waals surface area (Å²) in [4.78, 5) is 25.3. The van der Waals surface area contributed by atoms with Crippen molar-refractivity contribution in [2.75, 3.05) is 12.3 Å². The van der Waals surface area contributed by atoms with Crippen molar-refractivity contribution in [3.63, 3.8) is 0 Å². The second-order valence-corrected chi connectivity index (χ2v) is 6.74. The smallest absolute Gasteiger partial charge is 0.167 e. The van der Waals surface area contributed by atoms with Crippen molar-refractivity contribution in [1.29, 1.82) is 0 Å². The second kappa shape index (κ2) is 8.81. The van der Waals surface area contributed by atoms with E-state index in [2.05, 4.69) is 13.0 Å². The molecule has 0 bridgehead atoms. The molecule has 0 aromatic heterocycles. The molecule has 126 valence electrons. The summed E-state index contributed by atoms with van der Waals surface area (Å²) in [6.45, 7) is 4.23. The highest BCUT2D eigenvalue weighted by molar-refractivity contribution is 7.99. The Bertz CT molecular complexity index is 740. The first kappa shape index (κ1) is 18.4. The van der Waals surface area contributed by atoms with E-state index in [4.69, 9.17) is 5.73 Å². The average Bonchev–Trinajstić information content (AvgIpc) is 2.60. The summed E-state index contributed by atoms with van der Waals surface area (Å²) in [6.07, 6.45) is 1.26. The number of carbonyl (C=O) groups excluding carboxylic acids is 2. The summed E-state index contributed by atoms with van der Waals surface area (Å²) < 4.78 is 0. The van der Waals surface area contributed by atoms with E-state index in [1.165, 1.54) is 17.4 Å². The van der Waals surface area contributed by atoms with Crippen LogP contribution in [0.3, 0.4) is 0 Å². The quantitative estimate of drug-likeness (QED) is 0.584. The minimum absolute atomic E-state index is 0.0287. The number of aryl methyl sites for hydroxylation is 1. The zero-order valence-electron chi connectivity index (χ0n) is 14.2. The van der Waals surface area contributed by atoms with Crippen LogP contribution in [-0.2, 0) is 12.8 Å². The van der Waals surface area contributed by atoms with Crippen molar-refractivity contribution < 1.29 is 9.59 Å². The predicted octanol–water partition coefficient (Wildman–Crippen LogP) is 3.93. The molecule has 3 nitrogen and oxygen atoms in total. The molecule has 24 heavy (non-hydrogen) atoms. The van der Waals surface area contributed by atoms with Gasteiger partial charge in [-0.25, -0.2) is 0 Å². The van der Waals surface area contributed by atoms with Gasteiger partial charge in [0.05, 0.1) is 0 Å². The number of nitrogens with two attached hydrogens (primary N) is 1. The van der Waals surface area contributed by atoms with Crippen LogP contribution in [0.4, 0.5) is 0 Å². The third-order valence-electron chi connectivity index (χ3n) is 3.87. The van der Waals surface area contributed by atoms with Crippen molar-refractivity contribution >= 4 is 23.3 Å². The minimum Gasteiger partial charge on any atom is -0.330 e. The van der Waals surface area contributed by atoms with Gasteiger partial charge < -0.3 is 5.73 Å². The fourth-order valence-electron chi connectivity index (χ4n) is 2.59. The first-order chi connectivity index (χ1) is 11.6. The first-order valence-corrected chi connectivity index (χ1v) is 9.13. The van der Waals surface area contributed by atoms with Gasteiger partial charge in [-0.1, -0.05) is 43.3 Å². The Morgan fingerprint density at radius 2 is 1.71 bits per heavy atom. The maximum atomic E-state index is 12.7. The van der Waals surface area contributed by atoms with Gasteiger partial charge >= 0.3 is 0 Å². The van der Waals surface area contributed by atoms with Crippen LogP contribution in [0.15, 0.2) is 47.4 Å². The molecule has 2 aromatic rings. The maximum Gasteiger partial charge on any atom is 0.167 e. The normalized spacial score (nSPS) is 10.6. The Hall–Kier alpha value is -1.91. The molecule has 0 aliphatic heterocycles. The molecule has 0 aliphatic carbocycles. The third-order valence-corrected chi connectivity index (χ3v) is 5.12. The Morgan fingerprint density at radius 1 is 1.04 bits per heavy atom. The van der Waals surface area contributed by atoms with Crippen LogP contribution in [0.5, 0.6) is 0 Å². The molecule has 0 heterocycles. The van der Waals surface area contributed by atoms with E-state index in [1.807, 2.05) is 12.1 Å². The average molecular weight is 341 g/mol. The van der Waals surface area contributed by atoms with E-state index in [0.29, 0.717) is 24.1 Å². The number of rotatable bonds is 8. The summed E-state index contributed by atoms with van der Waals surface area (Å²) in [5.74, 6) is 0.829. The number of hydrogen-bond acceptors (Lipinski definition) is 4. The molecule has 0 unspecified atom stereocenters. The lowest BCUT2D eigenvalue weighted by Gasteiger charge is -2.13. The molecule has 0 saturated carbocycles. The van der Waals surface area contributed by atoms with E-state index < -0.39 is 0 Å². The van der Waals surface area contributed by atoms with Crippen LogP contribution in [0, 0.1) is 0 Å². The highest BCUT2D eigenvalue weighted by Gasteiger charge is 2.14. The Morgan fingerprint density at radius 3 is 2.38 bits per heavy atom. The highest BCUT2D eigenvalue weighted by Crippen LogP contribution is 2.28. The summed E-state index contributed by atoms with van der Waals surface area (Å²) in [5, 5.41) is 0. The fraction of sp³-hybridized carbons (Fsp3) is 0.300. The fourth-order valence-corrected chi connectivity index (χ4v) is 3.63. The number of carbonyl (C=O) groups is 2. The van der Waals surface area contributed by atoms with E-state index in [-0.39, 0.29) is 11.6 Å². The summed E-state index contributed by atoms with van der Waals surface area (Å²) in [5.41, 5.74) is 9.07. The predicted molar refractivity (Wildman–Crippen MR) is 100 cm³/mol. The van der Waals surface area contributed by atoms with Gasteiger partial charge in [0.2, 0.25) is 0 Å². The molecule has 0 amide bonds. The van der Waals surface area contributed by atoms with Crippen molar-refractivity contribution in [1.82, 2.24) is 0 Å². The topological polar surface area (TPSA) is 60.2 Å². The van der Waals surface area contributed by atoms with E-state index in [0.717, 1.165) is 17.7 Å². The van der Waals surface area contributed by atoms with Gasteiger partial charge in [-0.15, -0.1) is 11.8 Å². The minimum atomic E-state index is -0.0307. The van der Waals surface area contributed by atoms with Crippen LogP contribution in [0.25, 0.3) is 0 Å². The molecular formula is C20H23NO2S. The van der Waals surface area contributed by atoms with Crippen LogP contribution in [0.1, 0.15) is 45.7 Å². The molecule has 0 aliphatic rings. The SMILES string of the molecule is CCc1cccc(CC(=O)c2cccc(C(C)=O)c2)c1SCCN. The van der Waals surface area contributed by atoms with Crippen molar-refractivity contribution in [2.24, 2.45) is 5.73 Å². The Kier molecular flexibility index (Phi) is 6.76. The lowest BCUT2D eigenvalue weighted by Crippen LogP contribution is -2.08. The molecule has 0 saturated heterocycles. The van der Waals surface area contributed by atoms with Gasteiger partial charge in [-0.3, -0.25) is 9.59 Å². The van der Waals surface area contributed by atoms with Gasteiger partial charge in [0.25, 0.3) is 0 Å². The molecule has 0 radical (unpaired) electrons. The molecule has 0 fully saturated rings. The lowest BCUT2D eigenvalue weighted by atomic mass is 9.98. The standard InChI is InChI=1S/C20H23NO2S/c1-3-15-6-4-9-18(20(15)24-11-10-21)13-19(23)17-8-5-7-16(12-17)14(2)22/h4-9,12H,3,10-11,13,21H2,1-2H3. The van der Waals surface area contributed by atoms with Crippen LogP contribution in [0.2, 0.25) is 0 Å². The van der Waals surface area contributed by atoms with Crippen LogP contribution < -0.4 is 5.73 Å². The Balaban J connectivity index is 2.28. The number of hydrogen-bond donors (Lipinski definition) is 1. The molecular weight excluding hydrogens is 318 g/mol. The third kappa shape index (κ3) is 4.56. The van der Waals surface area contributed by atoms with Crippen molar-refractivity contribution in [2.45, 2.75) is 31.6 Å². The van der Waals surface area contributed by atoms with Gasteiger partial charge in [0, 0.05) is 34.7 Å². The van der Waals surface area contributed by atoms with Gasteiger partial charge in [0.15, 0.2) is 11.6 Å². The molecule has 4 heteroatoms. The largest absolute Gasteiger partial charge is 0.330 e. The van der Waals surface area contributed by atoms with Gasteiger partial charge in [0.1, 0.15) is 0 Å². The summed E-state index contributed by atoms with van der Waals surface area (Å²) in [7, 11) is 0. The van der Waals surface area contributed by atoms with Crippen LogP contribution >= 0.6 is 11.8 Å². The van der Waals surface area contributed by atoms with Crippen molar-refractivity contribution in [3.8, 4) is 0 Å². The van der Waals surface area contributed by atoms with Crippen molar-refractivity contribution in [3.05, 3.63) is 64.7 Å². The second-order valence-electron chi connectivity index (χ2n) is 5.63. The number of benzene rings is 2. The summed E-state index contributed by atoms with van der Waals surface area (Å²) in [6, 6.07) is 13.1.